The van der Waals surface area contributed by atoms with Crippen molar-refractivity contribution < 1.29 is 9.53 Å². The van der Waals surface area contributed by atoms with Crippen molar-refractivity contribution in [2.75, 3.05) is 7.11 Å². The maximum absolute atomic E-state index is 11.7. The Hall–Kier alpha value is -2.30. The van der Waals surface area contributed by atoms with Gasteiger partial charge in [-0.1, -0.05) is 60.7 Å². The summed E-state index contributed by atoms with van der Waals surface area (Å²) in [7, 11) is 1.42. The Labute approximate surface area is 146 Å². The highest BCUT2D eigenvalue weighted by Gasteiger charge is 2.16. The van der Waals surface area contributed by atoms with Crippen molar-refractivity contribution in [2.45, 2.75) is 17.4 Å². The molecule has 0 saturated heterocycles. The van der Waals surface area contributed by atoms with Gasteiger partial charge in [0.15, 0.2) is 0 Å². The van der Waals surface area contributed by atoms with Crippen LogP contribution in [-0.4, -0.2) is 13.1 Å². The molecule has 3 aromatic rings. The molecule has 0 radical (unpaired) electrons. The van der Waals surface area contributed by atoms with Gasteiger partial charge >= 0.3 is 5.97 Å². The van der Waals surface area contributed by atoms with Gasteiger partial charge in [0.05, 0.1) is 19.6 Å². The maximum Gasteiger partial charge on any atom is 0.307 e. The van der Waals surface area contributed by atoms with E-state index in [2.05, 4.69) is 35.1 Å². The highest BCUT2D eigenvalue weighted by molar-refractivity contribution is 7.97. The van der Waals surface area contributed by atoms with E-state index < -0.39 is 0 Å². The van der Waals surface area contributed by atoms with Gasteiger partial charge in [0, 0.05) is 4.90 Å². The first kappa shape index (κ1) is 16.6. The fourth-order valence-electron chi connectivity index (χ4n) is 2.53. The molecule has 3 rings (SSSR count). The molecule has 0 aromatic heterocycles. The Morgan fingerprint density at radius 3 is 2.46 bits per heavy atom. The third kappa shape index (κ3) is 4.16. The first-order chi connectivity index (χ1) is 11.8. The zero-order chi connectivity index (χ0) is 16.8. The highest BCUT2D eigenvalue weighted by atomic mass is 32.2. The van der Waals surface area contributed by atoms with Gasteiger partial charge in [0.1, 0.15) is 0 Å². The topological polar surface area (TPSA) is 38.3 Å². The maximum atomic E-state index is 11.7. The molecule has 122 valence electrons. The van der Waals surface area contributed by atoms with Crippen molar-refractivity contribution in [2.24, 2.45) is 0 Å². The van der Waals surface area contributed by atoms with E-state index in [1.165, 1.54) is 29.8 Å². The van der Waals surface area contributed by atoms with Crippen molar-refractivity contribution in [1.82, 2.24) is 4.72 Å². The van der Waals surface area contributed by atoms with Gasteiger partial charge in [-0.15, -0.1) is 0 Å². The van der Waals surface area contributed by atoms with Gasteiger partial charge in [0.25, 0.3) is 0 Å². The summed E-state index contributed by atoms with van der Waals surface area (Å²) in [5.41, 5.74) is 1.07. The quantitative estimate of drug-likeness (QED) is 0.521. The van der Waals surface area contributed by atoms with Crippen LogP contribution in [0.5, 0.6) is 0 Å². The summed E-state index contributed by atoms with van der Waals surface area (Å²) < 4.78 is 8.22. The predicted octanol–water partition coefficient (Wildman–Crippen LogP) is 4.74. The van der Waals surface area contributed by atoms with Crippen LogP contribution < -0.4 is 4.72 Å². The minimum Gasteiger partial charge on any atom is -0.469 e. The predicted molar refractivity (Wildman–Crippen MR) is 98.8 cm³/mol. The van der Waals surface area contributed by atoms with E-state index in [9.17, 15) is 4.79 Å². The number of benzene rings is 3. The second-order valence-corrected chi connectivity index (χ2v) is 6.38. The van der Waals surface area contributed by atoms with Gasteiger partial charge in [-0.2, -0.15) is 0 Å². The molecule has 0 aliphatic carbocycles. The zero-order valence-electron chi connectivity index (χ0n) is 13.4. The van der Waals surface area contributed by atoms with Gasteiger partial charge in [-0.25, -0.2) is 0 Å². The fourth-order valence-corrected chi connectivity index (χ4v) is 3.35. The summed E-state index contributed by atoms with van der Waals surface area (Å²) in [6.45, 7) is 0. The summed E-state index contributed by atoms with van der Waals surface area (Å²) in [4.78, 5) is 12.8. The minimum absolute atomic E-state index is 0.102. The van der Waals surface area contributed by atoms with Gasteiger partial charge in [0.2, 0.25) is 0 Å². The van der Waals surface area contributed by atoms with E-state index in [0.29, 0.717) is 6.42 Å². The van der Waals surface area contributed by atoms with Crippen molar-refractivity contribution >= 4 is 28.7 Å². The molecule has 0 spiro atoms. The first-order valence-electron chi connectivity index (χ1n) is 7.79. The summed E-state index contributed by atoms with van der Waals surface area (Å²) in [5.74, 6) is -0.226. The van der Waals surface area contributed by atoms with E-state index in [-0.39, 0.29) is 12.0 Å². The third-order valence-electron chi connectivity index (χ3n) is 3.84. The van der Waals surface area contributed by atoms with E-state index in [1.807, 2.05) is 42.5 Å². The zero-order valence-corrected chi connectivity index (χ0v) is 14.3. The third-order valence-corrected chi connectivity index (χ3v) is 4.73. The molecule has 0 aliphatic rings. The SMILES string of the molecule is COC(=O)CC(NSc1ccc2ccccc2c1)c1ccccc1. The Bertz CT molecular complexity index is 820. The van der Waals surface area contributed by atoms with Gasteiger partial charge in [-0.05, 0) is 40.4 Å². The standard InChI is InChI=1S/C20H19NO2S/c1-23-20(22)14-19(16-8-3-2-4-9-16)21-24-18-12-11-15-7-5-6-10-17(15)13-18/h2-13,19,21H,14H2,1H3. The number of nitrogens with one attached hydrogen (secondary N) is 1. The Kier molecular flexibility index (Phi) is 5.51. The van der Waals surface area contributed by atoms with Gasteiger partial charge < -0.3 is 4.74 Å². The number of hydrogen-bond donors (Lipinski definition) is 1. The fraction of sp³-hybridized carbons (Fsp3) is 0.150. The molecule has 1 unspecified atom stereocenters. The van der Waals surface area contributed by atoms with Crippen LogP contribution in [0.4, 0.5) is 0 Å². The number of carbonyl (C=O) groups is 1. The van der Waals surface area contributed by atoms with Gasteiger partial charge in [-0.3, -0.25) is 9.52 Å². The molecule has 0 fully saturated rings. The van der Waals surface area contributed by atoms with Crippen LogP contribution >= 0.6 is 11.9 Å². The van der Waals surface area contributed by atoms with Crippen LogP contribution in [0, 0.1) is 0 Å². The Morgan fingerprint density at radius 2 is 1.71 bits per heavy atom. The Morgan fingerprint density at radius 1 is 1.00 bits per heavy atom. The highest BCUT2D eigenvalue weighted by Crippen LogP contribution is 2.26. The number of ether oxygens (including phenoxy) is 1. The molecule has 1 atom stereocenters. The smallest absolute Gasteiger partial charge is 0.307 e. The van der Waals surface area contributed by atoms with E-state index in [0.717, 1.165) is 10.5 Å². The lowest BCUT2D eigenvalue weighted by Gasteiger charge is -2.17. The molecule has 0 saturated carbocycles. The second kappa shape index (κ2) is 7.99. The molecule has 0 bridgehead atoms. The summed E-state index contributed by atoms with van der Waals surface area (Å²) in [6, 6.07) is 24.5. The average Bonchev–Trinajstić information content (AvgIpc) is 2.65. The molecule has 3 nitrogen and oxygen atoms in total. The van der Waals surface area contributed by atoms with Crippen LogP contribution in [0.25, 0.3) is 10.8 Å². The minimum atomic E-state index is -0.226. The van der Waals surface area contributed by atoms with Crippen LogP contribution in [0.15, 0.2) is 77.7 Å². The molecule has 4 heteroatoms. The van der Waals surface area contributed by atoms with Crippen LogP contribution in [0.1, 0.15) is 18.0 Å². The van der Waals surface area contributed by atoms with Crippen LogP contribution in [0.2, 0.25) is 0 Å². The largest absolute Gasteiger partial charge is 0.469 e. The number of rotatable bonds is 6. The molecule has 0 amide bonds. The molecule has 24 heavy (non-hydrogen) atoms. The molecular weight excluding hydrogens is 318 g/mol. The van der Waals surface area contributed by atoms with Crippen molar-refractivity contribution in [3.05, 3.63) is 78.4 Å². The lowest BCUT2D eigenvalue weighted by molar-refractivity contribution is -0.141. The molecule has 1 N–H and O–H groups in total. The lowest BCUT2D eigenvalue weighted by Crippen LogP contribution is -2.19. The van der Waals surface area contributed by atoms with E-state index >= 15 is 0 Å². The van der Waals surface area contributed by atoms with Crippen LogP contribution in [-0.2, 0) is 9.53 Å². The van der Waals surface area contributed by atoms with E-state index in [4.69, 9.17) is 4.74 Å². The number of carbonyl (C=O) groups excluding carboxylic acids is 1. The summed E-state index contributed by atoms with van der Waals surface area (Å²) >= 11 is 1.53. The van der Waals surface area contributed by atoms with Crippen molar-refractivity contribution in [1.29, 1.82) is 0 Å². The normalized spacial score (nSPS) is 12.0. The lowest BCUT2D eigenvalue weighted by atomic mass is 10.1. The molecular formula is C20H19NO2S. The van der Waals surface area contributed by atoms with E-state index in [1.54, 1.807) is 0 Å². The molecule has 3 aromatic carbocycles. The average molecular weight is 337 g/mol. The number of esters is 1. The molecule has 0 aliphatic heterocycles. The number of hydrogen-bond acceptors (Lipinski definition) is 4. The molecule has 0 heterocycles. The first-order valence-corrected chi connectivity index (χ1v) is 8.61. The van der Waals surface area contributed by atoms with Crippen molar-refractivity contribution in [3.8, 4) is 0 Å². The summed E-state index contributed by atoms with van der Waals surface area (Å²) in [6.07, 6.45) is 0.293. The number of methoxy groups -OCH3 is 1. The van der Waals surface area contributed by atoms with Crippen LogP contribution in [0.3, 0.4) is 0 Å². The Balaban J connectivity index is 1.75. The number of fused-ring (bicyclic) bond motifs is 1. The second-order valence-electron chi connectivity index (χ2n) is 5.47. The summed E-state index contributed by atoms with van der Waals surface area (Å²) in [5, 5.41) is 2.42. The monoisotopic (exact) mass is 337 g/mol. The van der Waals surface area contributed by atoms with Crippen molar-refractivity contribution in [3.63, 3.8) is 0 Å².